The number of hydrogen-bond donors (Lipinski definition) is 2. The molecule has 3 N–H and O–H groups in total. The van der Waals surface area contributed by atoms with Gasteiger partial charge in [0.1, 0.15) is 11.6 Å². The van der Waals surface area contributed by atoms with Crippen LogP contribution in [-0.4, -0.2) is 29.2 Å². The molecule has 5 nitrogen and oxygen atoms in total. The Labute approximate surface area is 89.1 Å². The molecule has 1 unspecified atom stereocenters. The van der Waals surface area contributed by atoms with Crippen LogP contribution < -0.4 is 11.1 Å². The third kappa shape index (κ3) is 3.06. The van der Waals surface area contributed by atoms with E-state index in [1.54, 1.807) is 12.4 Å². The molecular formula is C10H16N4O. The summed E-state index contributed by atoms with van der Waals surface area (Å²) in [5.74, 6) is 1.21. The minimum absolute atomic E-state index is 0.416. The predicted octanol–water partition coefficient (Wildman–Crippen LogP) is 1.04. The first-order valence-corrected chi connectivity index (χ1v) is 5.27. The van der Waals surface area contributed by atoms with Crippen LogP contribution in [0.1, 0.15) is 19.3 Å². The highest BCUT2D eigenvalue weighted by Gasteiger charge is 2.14. The molecule has 0 aliphatic carbocycles. The summed E-state index contributed by atoms with van der Waals surface area (Å²) in [6.45, 7) is 1.77. The van der Waals surface area contributed by atoms with Gasteiger partial charge in [0, 0.05) is 13.2 Å². The molecule has 2 rings (SSSR count). The monoisotopic (exact) mass is 208 g/mol. The van der Waals surface area contributed by atoms with Crippen molar-refractivity contribution >= 4 is 11.6 Å². The van der Waals surface area contributed by atoms with Gasteiger partial charge in [0.25, 0.3) is 0 Å². The van der Waals surface area contributed by atoms with Crippen molar-refractivity contribution in [1.82, 2.24) is 9.97 Å². The highest BCUT2D eigenvalue weighted by atomic mass is 16.5. The Balaban J connectivity index is 1.71. The van der Waals surface area contributed by atoms with Gasteiger partial charge in [-0.25, -0.2) is 9.97 Å². The third-order valence-corrected chi connectivity index (χ3v) is 2.47. The van der Waals surface area contributed by atoms with Crippen LogP contribution in [0.4, 0.5) is 11.6 Å². The topological polar surface area (TPSA) is 73.1 Å². The molecule has 82 valence electrons. The van der Waals surface area contributed by atoms with E-state index in [1.807, 2.05) is 0 Å². The first-order chi connectivity index (χ1) is 7.34. The summed E-state index contributed by atoms with van der Waals surface area (Å²) in [5.41, 5.74) is 5.43. The number of ether oxygens (including phenoxy) is 1. The van der Waals surface area contributed by atoms with Gasteiger partial charge in [-0.3, -0.25) is 0 Å². The molecule has 15 heavy (non-hydrogen) atoms. The normalized spacial score (nSPS) is 20.4. The molecule has 1 aliphatic heterocycles. The fourth-order valence-corrected chi connectivity index (χ4v) is 1.66. The van der Waals surface area contributed by atoms with Gasteiger partial charge in [0.05, 0.1) is 18.5 Å². The average molecular weight is 208 g/mol. The zero-order valence-corrected chi connectivity index (χ0v) is 8.65. The second-order valence-corrected chi connectivity index (χ2v) is 3.68. The number of nitrogens with zero attached hydrogens (tertiary/aromatic N) is 2. The van der Waals surface area contributed by atoms with Crippen molar-refractivity contribution in [3.05, 3.63) is 12.4 Å². The van der Waals surface area contributed by atoms with Crippen LogP contribution in [0.3, 0.4) is 0 Å². The number of nitrogens with two attached hydrogens (primary N) is 1. The Bertz CT molecular complexity index is 295. The van der Waals surface area contributed by atoms with Crippen LogP contribution >= 0.6 is 0 Å². The van der Waals surface area contributed by atoms with Crippen molar-refractivity contribution in [2.24, 2.45) is 0 Å². The fourth-order valence-electron chi connectivity index (χ4n) is 1.66. The molecule has 1 aromatic heterocycles. The SMILES string of the molecule is Nc1cnc(NCCC2CCCO2)cn1. The van der Waals surface area contributed by atoms with Crippen molar-refractivity contribution < 1.29 is 4.74 Å². The highest BCUT2D eigenvalue weighted by molar-refractivity contribution is 5.35. The number of anilines is 2. The Morgan fingerprint density at radius 1 is 1.47 bits per heavy atom. The number of hydrogen-bond acceptors (Lipinski definition) is 5. The van der Waals surface area contributed by atoms with Crippen LogP contribution in [0.15, 0.2) is 12.4 Å². The summed E-state index contributed by atoms with van der Waals surface area (Å²) in [6, 6.07) is 0. The molecule has 0 bridgehead atoms. The molecule has 1 aliphatic rings. The second-order valence-electron chi connectivity index (χ2n) is 3.68. The molecule has 1 atom stereocenters. The van der Waals surface area contributed by atoms with Crippen LogP contribution in [0.5, 0.6) is 0 Å². The Morgan fingerprint density at radius 2 is 2.40 bits per heavy atom. The van der Waals surface area contributed by atoms with E-state index in [9.17, 15) is 0 Å². The van der Waals surface area contributed by atoms with Crippen molar-refractivity contribution in [3.8, 4) is 0 Å². The quantitative estimate of drug-likeness (QED) is 0.773. The fraction of sp³-hybridized carbons (Fsp3) is 0.600. The first kappa shape index (κ1) is 10.2. The van der Waals surface area contributed by atoms with E-state index in [0.717, 1.165) is 25.4 Å². The van der Waals surface area contributed by atoms with Gasteiger partial charge >= 0.3 is 0 Å². The summed E-state index contributed by atoms with van der Waals surface area (Å²) >= 11 is 0. The second kappa shape index (κ2) is 4.93. The van der Waals surface area contributed by atoms with E-state index in [1.165, 1.54) is 12.8 Å². The first-order valence-electron chi connectivity index (χ1n) is 5.27. The maximum atomic E-state index is 5.51. The zero-order chi connectivity index (χ0) is 10.5. The summed E-state index contributed by atoms with van der Waals surface area (Å²) in [6.07, 6.45) is 6.99. The summed E-state index contributed by atoms with van der Waals surface area (Å²) < 4.78 is 5.51. The molecule has 2 heterocycles. The molecule has 0 spiro atoms. The molecule has 5 heteroatoms. The maximum absolute atomic E-state index is 5.51. The van der Waals surface area contributed by atoms with E-state index in [4.69, 9.17) is 10.5 Å². The zero-order valence-electron chi connectivity index (χ0n) is 8.65. The van der Waals surface area contributed by atoms with E-state index in [0.29, 0.717) is 11.9 Å². The summed E-state index contributed by atoms with van der Waals surface area (Å²) in [5, 5.41) is 3.19. The van der Waals surface area contributed by atoms with Crippen LogP contribution in [0.2, 0.25) is 0 Å². The maximum Gasteiger partial charge on any atom is 0.144 e. The molecule has 1 aromatic rings. The average Bonchev–Trinajstić information content (AvgIpc) is 2.74. The Hall–Kier alpha value is -1.36. The van der Waals surface area contributed by atoms with Gasteiger partial charge in [-0.1, -0.05) is 0 Å². The van der Waals surface area contributed by atoms with Crippen LogP contribution in [0.25, 0.3) is 0 Å². The molecule has 0 amide bonds. The molecule has 0 aromatic carbocycles. The molecule has 1 fully saturated rings. The molecule has 0 saturated carbocycles. The third-order valence-electron chi connectivity index (χ3n) is 2.47. The van der Waals surface area contributed by atoms with E-state index in [-0.39, 0.29) is 0 Å². The molecule has 1 saturated heterocycles. The minimum atomic E-state index is 0.416. The lowest BCUT2D eigenvalue weighted by molar-refractivity contribution is 0.107. The van der Waals surface area contributed by atoms with Gasteiger partial charge in [-0.05, 0) is 19.3 Å². The smallest absolute Gasteiger partial charge is 0.144 e. The van der Waals surface area contributed by atoms with Gasteiger partial charge < -0.3 is 15.8 Å². The van der Waals surface area contributed by atoms with E-state index < -0.39 is 0 Å². The van der Waals surface area contributed by atoms with Crippen molar-refractivity contribution in [2.75, 3.05) is 24.2 Å². The minimum Gasteiger partial charge on any atom is -0.382 e. The lowest BCUT2D eigenvalue weighted by atomic mass is 10.2. The Kier molecular flexibility index (Phi) is 3.34. The van der Waals surface area contributed by atoms with Gasteiger partial charge in [0.2, 0.25) is 0 Å². The van der Waals surface area contributed by atoms with E-state index in [2.05, 4.69) is 15.3 Å². The van der Waals surface area contributed by atoms with Gasteiger partial charge in [-0.15, -0.1) is 0 Å². The standard InChI is InChI=1S/C10H16N4O/c11-9-6-14-10(7-13-9)12-4-3-8-2-1-5-15-8/h6-8H,1-5H2,(H2,11,13)(H,12,14). The lowest BCUT2D eigenvalue weighted by Crippen LogP contribution is -2.13. The van der Waals surface area contributed by atoms with Crippen molar-refractivity contribution in [2.45, 2.75) is 25.4 Å². The predicted molar refractivity (Wildman–Crippen MR) is 58.5 cm³/mol. The lowest BCUT2D eigenvalue weighted by Gasteiger charge is -2.09. The number of nitrogens with one attached hydrogen (secondary N) is 1. The van der Waals surface area contributed by atoms with Crippen LogP contribution in [0, 0.1) is 0 Å². The van der Waals surface area contributed by atoms with Crippen LogP contribution in [-0.2, 0) is 4.74 Å². The summed E-state index contributed by atoms with van der Waals surface area (Å²) in [7, 11) is 0. The largest absolute Gasteiger partial charge is 0.382 e. The number of nitrogen functional groups attached to an aromatic ring is 1. The highest BCUT2D eigenvalue weighted by Crippen LogP contribution is 2.15. The molecule has 0 radical (unpaired) electrons. The van der Waals surface area contributed by atoms with E-state index >= 15 is 0 Å². The van der Waals surface area contributed by atoms with Crippen molar-refractivity contribution in [1.29, 1.82) is 0 Å². The summed E-state index contributed by atoms with van der Waals surface area (Å²) in [4.78, 5) is 8.05. The van der Waals surface area contributed by atoms with Crippen molar-refractivity contribution in [3.63, 3.8) is 0 Å². The number of rotatable bonds is 4. The van der Waals surface area contributed by atoms with Gasteiger partial charge in [-0.2, -0.15) is 0 Å². The van der Waals surface area contributed by atoms with Gasteiger partial charge in [0.15, 0.2) is 0 Å². The number of aromatic nitrogens is 2. The Morgan fingerprint density at radius 3 is 3.07 bits per heavy atom. The molecular weight excluding hydrogens is 192 g/mol.